The lowest BCUT2D eigenvalue weighted by Crippen LogP contribution is -2.23. The Labute approximate surface area is 125 Å². The molecule has 2 aliphatic carbocycles. The number of benzene rings is 1. The molecule has 7 heteroatoms. The van der Waals surface area contributed by atoms with Gasteiger partial charge in [0.1, 0.15) is 0 Å². The van der Waals surface area contributed by atoms with Crippen molar-refractivity contribution in [3.05, 3.63) is 70.0 Å². The number of hydrogen-bond acceptors (Lipinski definition) is 2. The minimum atomic E-state index is -5.04. The fourth-order valence-electron chi connectivity index (χ4n) is 2.83. The summed E-state index contributed by atoms with van der Waals surface area (Å²) in [6.07, 6.45) is -3.85. The van der Waals surface area contributed by atoms with Gasteiger partial charge in [0.2, 0.25) is 0 Å². The smallest absolute Gasteiger partial charge is 0.289 e. The van der Waals surface area contributed by atoms with E-state index >= 15 is 0 Å². The second-order valence-corrected chi connectivity index (χ2v) is 6.42. The van der Waals surface area contributed by atoms with Gasteiger partial charge in [-0.25, -0.2) is 8.42 Å². The second kappa shape index (κ2) is 4.50. The van der Waals surface area contributed by atoms with Crippen LogP contribution in [0.2, 0.25) is 0 Å². The monoisotopic (exact) mass is 327 g/mol. The van der Waals surface area contributed by atoms with Gasteiger partial charge in [0, 0.05) is 4.91 Å². The number of allylic oxidation sites excluding steroid dienone is 4. The molecular weight excluding hydrogens is 317 g/mol. The molecule has 0 aliphatic heterocycles. The summed E-state index contributed by atoms with van der Waals surface area (Å²) < 4.78 is 71.6. The lowest BCUT2D eigenvalue weighted by atomic mass is 9.88. The van der Waals surface area contributed by atoms with Crippen LogP contribution in [-0.2, 0) is 16.5 Å². The van der Waals surface area contributed by atoms with Gasteiger partial charge in [0.25, 0.3) is 10.1 Å². The zero-order valence-corrected chi connectivity index (χ0v) is 11.9. The van der Waals surface area contributed by atoms with Crippen molar-refractivity contribution in [1.82, 2.24) is 0 Å². The Morgan fingerprint density at radius 3 is 2.45 bits per heavy atom. The van der Waals surface area contributed by atoms with Crippen LogP contribution in [0.4, 0.5) is 13.2 Å². The summed E-state index contributed by atoms with van der Waals surface area (Å²) in [5.74, 6) is 0. The van der Waals surface area contributed by atoms with E-state index in [0.717, 1.165) is 12.0 Å². The summed E-state index contributed by atoms with van der Waals surface area (Å²) in [6.45, 7) is 3.48. The highest BCUT2D eigenvalue weighted by molar-refractivity contribution is 7.90. The Morgan fingerprint density at radius 1 is 1.23 bits per heavy atom. The average Bonchev–Trinajstić information content (AvgIpc) is 2.75. The highest BCUT2D eigenvalue weighted by Gasteiger charge is 2.40. The van der Waals surface area contributed by atoms with Gasteiger partial charge in [0.15, 0.2) is 0 Å². The fraction of sp³-hybridized carbons (Fsp3) is 0.133. The first-order chi connectivity index (χ1) is 10.1. The molecule has 1 aromatic rings. The molecule has 116 valence electrons. The summed E-state index contributed by atoms with van der Waals surface area (Å²) in [6, 6.07) is 6.88. The maximum Gasteiger partial charge on any atom is 0.401 e. The molecule has 0 saturated carbocycles. The van der Waals surface area contributed by atoms with Gasteiger partial charge in [-0.3, -0.25) is 4.55 Å². The van der Waals surface area contributed by atoms with Gasteiger partial charge < -0.3 is 0 Å². The van der Waals surface area contributed by atoms with Crippen molar-refractivity contribution in [3.8, 4) is 0 Å². The molecule has 0 atom stereocenters. The Bertz CT molecular complexity index is 858. The van der Waals surface area contributed by atoms with Gasteiger partial charge in [-0.15, -0.1) is 24.1 Å². The van der Waals surface area contributed by atoms with Crippen LogP contribution in [0, 0.1) is 6.42 Å². The second-order valence-electron chi connectivity index (χ2n) is 5.06. The van der Waals surface area contributed by atoms with E-state index in [-0.39, 0.29) is 12.0 Å². The van der Waals surface area contributed by atoms with E-state index < -0.39 is 26.8 Å². The maximum atomic E-state index is 13.2. The Morgan fingerprint density at radius 2 is 1.86 bits per heavy atom. The average molecular weight is 327 g/mol. The molecule has 1 N–H and O–H groups in total. The van der Waals surface area contributed by atoms with Crippen molar-refractivity contribution in [1.29, 1.82) is 0 Å². The van der Waals surface area contributed by atoms with Gasteiger partial charge in [-0.2, -0.15) is 13.2 Å². The molecule has 0 saturated heterocycles. The molecule has 0 heterocycles. The minimum absolute atomic E-state index is 0.283. The first-order valence-corrected chi connectivity index (χ1v) is 7.69. The highest BCUT2D eigenvalue weighted by Crippen LogP contribution is 2.49. The van der Waals surface area contributed by atoms with Crippen LogP contribution in [0.1, 0.15) is 11.1 Å². The Balaban J connectivity index is 2.21. The van der Waals surface area contributed by atoms with Gasteiger partial charge in [-0.1, -0.05) is 41.0 Å². The van der Waals surface area contributed by atoms with E-state index in [0.29, 0.717) is 16.7 Å². The van der Waals surface area contributed by atoms with E-state index in [4.69, 9.17) is 0 Å². The molecule has 0 aromatic heterocycles. The standard InChI is InChI=1S/C15H10F3O3S/c1-8-11-6-9-4-2-3-5-10(9)12(11)7-13(15(16,17)18)14(8)22(19,20)21/h2-5,7H,1,6H2,(H,19,20,21)/q-1. The molecule has 2 aliphatic rings. The minimum Gasteiger partial charge on any atom is -0.289 e. The van der Waals surface area contributed by atoms with E-state index in [2.05, 4.69) is 6.58 Å². The van der Waals surface area contributed by atoms with Gasteiger partial charge >= 0.3 is 6.18 Å². The number of hydrogen-bond donors (Lipinski definition) is 1. The summed E-state index contributed by atoms with van der Waals surface area (Å²) in [5.41, 5.74) is 0.416. The third-order valence-electron chi connectivity index (χ3n) is 3.73. The van der Waals surface area contributed by atoms with Crippen molar-refractivity contribution >= 4 is 15.7 Å². The lowest BCUT2D eigenvalue weighted by molar-refractivity contribution is -0.0897. The SMILES string of the molecule is C=C1C2=C([CH-]C(C(F)(F)F)=C1S(=O)(=O)O)c1ccccc1C2. The summed E-state index contributed by atoms with van der Waals surface area (Å²) in [7, 11) is -5.04. The highest BCUT2D eigenvalue weighted by atomic mass is 32.2. The zero-order chi connectivity index (χ0) is 16.3. The number of halogens is 3. The molecule has 0 radical (unpaired) electrons. The molecule has 22 heavy (non-hydrogen) atoms. The van der Waals surface area contributed by atoms with Crippen LogP contribution in [0.3, 0.4) is 0 Å². The Hall–Kier alpha value is -1.99. The predicted molar refractivity (Wildman–Crippen MR) is 75.1 cm³/mol. The van der Waals surface area contributed by atoms with E-state index in [1.165, 1.54) is 0 Å². The molecule has 0 spiro atoms. The van der Waals surface area contributed by atoms with E-state index in [9.17, 15) is 26.1 Å². The van der Waals surface area contributed by atoms with E-state index in [1.54, 1.807) is 24.3 Å². The molecular formula is C15H10F3O3S-. The molecule has 3 rings (SSSR count). The molecule has 0 amide bonds. The van der Waals surface area contributed by atoms with Crippen molar-refractivity contribution < 1.29 is 26.1 Å². The maximum absolute atomic E-state index is 13.2. The normalized spacial score (nSPS) is 18.3. The largest absolute Gasteiger partial charge is 0.401 e. The molecule has 1 aromatic carbocycles. The Kier molecular flexibility index (Phi) is 3.05. The van der Waals surface area contributed by atoms with Crippen LogP contribution in [-0.4, -0.2) is 19.1 Å². The van der Waals surface area contributed by atoms with Crippen LogP contribution in [0.25, 0.3) is 5.57 Å². The predicted octanol–water partition coefficient (Wildman–Crippen LogP) is 3.47. The fourth-order valence-corrected chi connectivity index (χ4v) is 3.72. The number of fused-ring (bicyclic) bond motifs is 2. The molecule has 0 fully saturated rings. The summed E-state index contributed by atoms with van der Waals surface area (Å²) >= 11 is 0. The van der Waals surface area contributed by atoms with Crippen LogP contribution >= 0.6 is 0 Å². The molecule has 0 bridgehead atoms. The third kappa shape index (κ3) is 2.17. The number of alkyl halides is 3. The van der Waals surface area contributed by atoms with Crippen molar-refractivity contribution in [3.63, 3.8) is 0 Å². The van der Waals surface area contributed by atoms with Crippen LogP contribution < -0.4 is 0 Å². The first kappa shape index (κ1) is 14.9. The van der Waals surface area contributed by atoms with Crippen molar-refractivity contribution in [2.75, 3.05) is 0 Å². The lowest BCUT2D eigenvalue weighted by Gasteiger charge is -2.31. The summed E-state index contributed by atoms with van der Waals surface area (Å²) in [5, 5.41) is 0. The summed E-state index contributed by atoms with van der Waals surface area (Å²) in [4.78, 5) is -1.16. The van der Waals surface area contributed by atoms with Gasteiger partial charge in [0.05, 0.1) is 0 Å². The zero-order valence-electron chi connectivity index (χ0n) is 11.1. The van der Waals surface area contributed by atoms with Crippen LogP contribution in [0.5, 0.6) is 0 Å². The first-order valence-electron chi connectivity index (χ1n) is 6.25. The van der Waals surface area contributed by atoms with E-state index in [1.807, 2.05) is 0 Å². The topological polar surface area (TPSA) is 54.4 Å². The number of rotatable bonds is 1. The van der Waals surface area contributed by atoms with Gasteiger partial charge in [-0.05, 0) is 12.0 Å². The quantitative estimate of drug-likeness (QED) is 0.635. The third-order valence-corrected chi connectivity index (χ3v) is 4.72. The van der Waals surface area contributed by atoms with Crippen molar-refractivity contribution in [2.45, 2.75) is 12.6 Å². The molecule has 0 unspecified atom stereocenters. The van der Waals surface area contributed by atoms with Crippen LogP contribution in [0.15, 0.2) is 52.5 Å². The molecule has 3 nitrogen and oxygen atoms in total. The van der Waals surface area contributed by atoms with Crippen molar-refractivity contribution in [2.24, 2.45) is 0 Å².